The highest BCUT2D eigenvalue weighted by Crippen LogP contribution is 2.29. The Morgan fingerprint density at radius 3 is 2.63 bits per heavy atom. The van der Waals surface area contributed by atoms with Gasteiger partial charge in [0.15, 0.2) is 0 Å². The third-order valence-corrected chi connectivity index (χ3v) is 3.01. The smallest absolute Gasteiger partial charge is 0.333 e. The molecular weight excluding hydrogens is 248 g/mol. The Labute approximate surface area is 112 Å². The molecule has 7 heteroatoms. The molecule has 7 nitrogen and oxygen atoms in total. The van der Waals surface area contributed by atoms with E-state index < -0.39 is 11.0 Å². The van der Waals surface area contributed by atoms with Crippen LogP contribution in [-0.4, -0.2) is 32.5 Å². The summed E-state index contributed by atoms with van der Waals surface area (Å²) in [7, 11) is 1.66. The first-order valence-electron chi connectivity index (χ1n) is 6.50. The van der Waals surface area contributed by atoms with Crippen molar-refractivity contribution >= 4 is 11.5 Å². The van der Waals surface area contributed by atoms with Crippen LogP contribution >= 0.6 is 0 Å². The van der Waals surface area contributed by atoms with Crippen LogP contribution in [0.15, 0.2) is 0 Å². The maximum atomic E-state index is 11.2. The predicted molar refractivity (Wildman–Crippen MR) is 73.2 cm³/mol. The Bertz CT molecular complexity index is 442. The highest BCUT2D eigenvalue weighted by Gasteiger charge is 2.26. The Hall–Kier alpha value is -1.63. The summed E-state index contributed by atoms with van der Waals surface area (Å²) < 4.78 is 1.47. The minimum Gasteiger partial charge on any atom is -0.391 e. The molecule has 0 saturated heterocycles. The third-order valence-electron chi connectivity index (χ3n) is 3.01. The number of anilines is 1. The second-order valence-corrected chi connectivity index (χ2v) is 4.97. The van der Waals surface area contributed by atoms with Crippen molar-refractivity contribution in [2.45, 2.75) is 39.7 Å². The number of nitro groups is 1. The van der Waals surface area contributed by atoms with Gasteiger partial charge in [0.1, 0.15) is 5.69 Å². The van der Waals surface area contributed by atoms with Crippen molar-refractivity contribution in [2.75, 3.05) is 11.9 Å². The van der Waals surface area contributed by atoms with Crippen molar-refractivity contribution in [3.05, 3.63) is 15.8 Å². The third kappa shape index (κ3) is 3.66. The monoisotopic (exact) mass is 270 g/mol. The SMILES string of the molecule is CCCc1nn(C)c(NCC(O)C(C)C)c1[N+](=O)[O-]. The molecule has 0 bridgehead atoms. The molecule has 0 aromatic carbocycles. The molecule has 0 fully saturated rings. The first kappa shape index (κ1) is 15.4. The van der Waals surface area contributed by atoms with Crippen LogP contribution in [0.3, 0.4) is 0 Å². The lowest BCUT2D eigenvalue weighted by Gasteiger charge is -2.15. The van der Waals surface area contributed by atoms with Crippen LogP contribution < -0.4 is 5.32 Å². The number of aryl methyl sites for hydroxylation is 2. The summed E-state index contributed by atoms with van der Waals surface area (Å²) in [6, 6.07) is 0. The van der Waals surface area contributed by atoms with Gasteiger partial charge in [0, 0.05) is 13.6 Å². The average molecular weight is 270 g/mol. The number of rotatable bonds is 7. The molecule has 0 amide bonds. The van der Waals surface area contributed by atoms with Gasteiger partial charge in [-0.3, -0.25) is 10.1 Å². The number of hydrogen-bond donors (Lipinski definition) is 2. The van der Waals surface area contributed by atoms with Gasteiger partial charge in [0.05, 0.1) is 11.0 Å². The van der Waals surface area contributed by atoms with E-state index in [4.69, 9.17) is 0 Å². The van der Waals surface area contributed by atoms with Crippen LogP contribution in [0.5, 0.6) is 0 Å². The Balaban J connectivity index is 2.96. The maximum Gasteiger partial charge on any atom is 0.333 e. The van der Waals surface area contributed by atoms with Crippen molar-refractivity contribution in [1.82, 2.24) is 9.78 Å². The van der Waals surface area contributed by atoms with Gasteiger partial charge in [-0.2, -0.15) is 5.10 Å². The number of hydrogen-bond acceptors (Lipinski definition) is 5. The summed E-state index contributed by atoms with van der Waals surface area (Å²) in [5, 5.41) is 28.0. The fraction of sp³-hybridized carbons (Fsp3) is 0.750. The van der Waals surface area contributed by atoms with Crippen LogP contribution in [0.25, 0.3) is 0 Å². The van der Waals surface area contributed by atoms with E-state index in [2.05, 4.69) is 10.4 Å². The first-order valence-corrected chi connectivity index (χ1v) is 6.50. The zero-order valence-corrected chi connectivity index (χ0v) is 11.9. The summed E-state index contributed by atoms with van der Waals surface area (Å²) >= 11 is 0. The number of aliphatic hydroxyl groups is 1. The standard InChI is InChI=1S/C12H22N4O3/c1-5-6-9-11(16(18)19)12(15(4)14-9)13-7-10(17)8(2)3/h8,10,13,17H,5-7H2,1-4H3. The van der Waals surface area contributed by atoms with Gasteiger partial charge in [-0.05, 0) is 12.3 Å². The lowest BCUT2D eigenvalue weighted by Crippen LogP contribution is -2.25. The van der Waals surface area contributed by atoms with Crippen LogP contribution in [0.1, 0.15) is 32.9 Å². The quantitative estimate of drug-likeness (QED) is 0.581. The minimum absolute atomic E-state index is 0.0142. The van der Waals surface area contributed by atoms with E-state index in [1.807, 2.05) is 20.8 Å². The maximum absolute atomic E-state index is 11.2. The van der Waals surface area contributed by atoms with Crippen LogP contribution in [-0.2, 0) is 13.5 Å². The zero-order valence-electron chi connectivity index (χ0n) is 11.9. The molecule has 1 aromatic rings. The van der Waals surface area contributed by atoms with E-state index in [-0.39, 0.29) is 18.2 Å². The van der Waals surface area contributed by atoms with Gasteiger partial charge in [-0.25, -0.2) is 4.68 Å². The lowest BCUT2D eigenvalue weighted by atomic mass is 10.1. The fourth-order valence-corrected chi connectivity index (χ4v) is 1.80. The zero-order chi connectivity index (χ0) is 14.6. The van der Waals surface area contributed by atoms with Crippen molar-refractivity contribution in [3.63, 3.8) is 0 Å². The average Bonchev–Trinajstić information content (AvgIpc) is 2.62. The number of nitrogens with zero attached hydrogens (tertiary/aromatic N) is 3. The fourth-order valence-electron chi connectivity index (χ4n) is 1.80. The van der Waals surface area contributed by atoms with E-state index in [0.717, 1.165) is 6.42 Å². The topological polar surface area (TPSA) is 93.2 Å². The molecule has 0 saturated carbocycles. The summed E-state index contributed by atoms with van der Waals surface area (Å²) in [6.45, 7) is 6.01. The molecule has 0 radical (unpaired) electrons. The number of nitrogens with one attached hydrogen (secondary N) is 1. The molecule has 1 unspecified atom stereocenters. The normalized spacial score (nSPS) is 12.7. The Kier molecular flexibility index (Phi) is 5.29. The summed E-state index contributed by atoms with van der Waals surface area (Å²) in [4.78, 5) is 10.7. The molecule has 0 aliphatic heterocycles. The molecule has 108 valence electrons. The van der Waals surface area contributed by atoms with Gasteiger partial charge < -0.3 is 10.4 Å². The molecule has 1 heterocycles. The summed E-state index contributed by atoms with van der Waals surface area (Å²) in [5.74, 6) is 0.447. The highest BCUT2D eigenvalue weighted by atomic mass is 16.6. The lowest BCUT2D eigenvalue weighted by molar-refractivity contribution is -0.384. The van der Waals surface area contributed by atoms with E-state index in [1.165, 1.54) is 4.68 Å². The number of aliphatic hydroxyl groups excluding tert-OH is 1. The molecule has 0 aliphatic rings. The molecule has 1 rings (SSSR count). The largest absolute Gasteiger partial charge is 0.391 e. The summed E-state index contributed by atoms with van der Waals surface area (Å²) in [5.41, 5.74) is 0.497. The van der Waals surface area contributed by atoms with E-state index in [1.54, 1.807) is 7.05 Å². The van der Waals surface area contributed by atoms with Gasteiger partial charge in [-0.15, -0.1) is 0 Å². The minimum atomic E-state index is -0.552. The van der Waals surface area contributed by atoms with Crippen molar-refractivity contribution in [3.8, 4) is 0 Å². The van der Waals surface area contributed by atoms with Crippen molar-refractivity contribution in [2.24, 2.45) is 13.0 Å². The molecule has 0 spiro atoms. The second-order valence-electron chi connectivity index (χ2n) is 4.97. The van der Waals surface area contributed by atoms with Crippen LogP contribution in [0.4, 0.5) is 11.5 Å². The predicted octanol–water partition coefficient (Wildman–Crippen LogP) is 1.71. The van der Waals surface area contributed by atoms with Crippen LogP contribution in [0, 0.1) is 16.0 Å². The molecule has 1 atom stereocenters. The Morgan fingerprint density at radius 2 is 2.16 bits per heavy atom. The molecule has 1 aromatic heterocycles. The van der Waals surface area contributed by atoms with Crippen molar-refractivity contribution < 1.29 is 10.0 Å². The van der Waals surface area contributed by atoms with Gasteiger partial charge in [0.25, 0.3) is 0 Å². The highest BCUT2D eigenvalue weighted by molar-refractivity contribution is 5.59. The van der Waals surface area contributed by atoms with E-state index in [0.29, 0.717) is 17.9 Å². The molecule has 19 heavy (non-hydrogen) atoms. The Morgan fingerprint density at radius 1 is 1.53 bits per heavy atom. The molecule has 2 N–H and O–H groups in total. The van der Waals surface area contributed by atoms with Gasteiger partial charge in [-0.1, -0.05) is 27.2 Å². The summed E-state index contributed by atoms with van der Waals surface area (Å²) in [6.07, 6.45) is 0.814. The van der Waals surface area contributed by atoms with Crippen LogP contribution in [0.2, 0.25) is 0 Å². The molecular formula is C12H22N4O3. The first-order chi connectivity index (χ1) is 8.88. The van der Waals surface area contributed by atoms with Crippen molar-refractivity contribution in [1.29, 1.82) is 0 Å². The number of aromatic nitrogens is 2. The van der Waals surface area contributed by atoms with Gasteiger partial charge in [0.2, 0.25) is 5.82 Å². The molecule has 0 aliphatic carbocycles. The van der Waals surface area contributed by atoms with Gasteiger partial charge >= 0.3 is 5.69 Å². The van der Waals surface area contributed by atoms with E-state index >= 15 is 0 Å². The second kappa shape index (κ2) is 6.51. The van der Waals surface area contributed by atoms with E-state index in [9.17, 15) is 15.2 Å².